The number of nitrogens with one attached hydrogen (secondary N) is 1. The van der Waals surface area contributed by atoms with E-state index in [1.807, 2.05) is 36.7 Å². The third-order valence-corrected chi connectivity index (χ3v) is 9.00. The van der Waals surface area contributed by atoms with Crippen LogP contribution < -0.4 is 5.32 Å². The largest absolute Gasteiger partial charge is 0.330 e. The van der Waals surface area contributed by atoms with Crippen molar-refractivity contribution in [1.82, 2.24) is 13.9 Å². The average Bonchev–Trinajstić information content (AvgIpc) is 3.47. The van der Waals surface area contributed by atoms with Crippen LogP contribution in [0.15, 0.2) is 58.4 Å². The quantitative estimate of drug-likeness (QED) is 0.560. The van der Waals surface area contributed by atoms with Crippen LogP contribution in [0.1, 0.15) is 44.0 Å². The normalized spacial score (nSPS) is 15.8. The second-order valence-corrected chi connectivity index (χ2v) is 11.5. The van der Waals surface area contributed by atoms with Gasteiger partial charge in [0.15, 0.2) is 0 Å². The van der Waals surface area contributed by atoms with Crippen molar-refractivity contribution in [2.75, 3.05) is 18.4 Å². The monoisotopic (exact) mass is 472 g/mol. The van der Waals surface area contributed by atoms with Crippen molar-refractivity contribution in [3.63, 3.8) is 0 Å². The molecule has 1 aromatic carbocycles. The summed E-state index contributed by atoms with van der Waals surface area (Å²) in [6.45, 7) is 5.64. The Kier molecular flexibility index (Phi) is 6.78. The summed E-state index contributed by atoms with van der Waals surface area (Å²) < 4.78 is 29.3. The van der Waals surface area contributed by atoms with E-state index < -0.39 is 10.0 Å². The van der Waals surface area contributed by atoms with Crippen LogP contribution in [0.5, 0.6) is 0 Å². The lowest BCUT2D eigenvalue weighted by Crippen LogP contribution is -2.41. The molecule has 1 N–H and O–H groups in total. The SMILES string of the molecule is CC(C)c1nccn1Cc1cccc(NC(=O)C2CCN(S(=O)(=O)c3cccs3)CC2)c1. The first-order chi connectivity index (χ1) is 15.3. The van der Waals surface area contributed by atoms with Gasteiger partial charge in [-0.1, -0.05) is 32.0 Å². The fourth-order valence-corrected chi connectivity index (χ4v) is 6.65. The van der Waals surface area contributed by atoms with Crippen molar-refractivity contribution < 1.29 is 13.2 Å². The maximum absolute atomic E-state index is 12.8. The van der Waals surface area contributed by atoms with Crippen LogP contribution in [0.25, 0.3) is 0 Å². The summed E-state index contributed by atoms with van der Waals surface area (Å²) in [6.07, 6.45) is 4.82. The van der Waals surface area contributed by atoms with Gasteiger partial charge in [0.25, 0.3) is 10.0 Å². The van der Waals surface area contributed by atoms with Crippen molar-refractivity contribution >= 4 is 33.0 Å². The number of aromatic nitrogens is 2. The predicted octanol–water partition coefficient (Wildman–Crippen LogP) is 4.16. The van der Waals surface area contributed by atoms with E-state index in [0.717, 1.165) is 17.1 Å². The fraction of sp³-hybridized carbons (Fsp3) is 0.391. The third kappa shape index (κ3) is 4.95. The Labute approximate surface area is 193 Å². The minimum Gasteiger partial charge on any atom is -0.330 e. The topological polar surface area (TPSA) is 84.3 Å². The van der Waals surface area contributed by atoms with E-state index in [0.29, 0.717) is 42.6 Å². The molecule has 4 rings (SSSR count). The molecule has 0 atom stereocenters. The first-order valence-electron chi connectivity index (χ1n) is 10.8. The summed E-state index contributed by atoms with van der Waals surface area (Å²) in [6, 6.07) is 11.2. The second-order valence-electron chi connectivity index (χ2n) is 8.37. The number of carbonyl (C=O) groups is 1. The lowest BCUT2D eigenvalue weighted by atomic mass is 9.97. The van der Waals surface area contributed by atoms with Crippen LogP contribution >= 0.6 is 11.3 Å². The molecule has 32 heavy (non-hydrogen) atoms. The Hall–Kier alpha value is -2.49. The van der Waals surface area contributed by atoms with Crippen molar-refractivity contribution in [1.29, 1.82) is 0 Å². The van der Waals surface area contributed by atoms with Crippen molar-refractivity contribution in [2.45, 2.75) is 43.4 Å². The van der Waals surface area contributed by atoms with Crippen LogP contribution in [-0.2, 0) is 21.4 Å². The van der Waals surface area contributed by atoms with Gasteiger partial charge in [-0.25, -0.2) is 13.4 Å². The number of carbonyl (C=O) groups excluding carboxylic acids is 1. The van der Waals surface area contributed by atoms with Crippen LogP contribution in [-0.4, -0.2) is 41.3 Å². The smallest absolute Gasteiger partial charge is 0.252 e. The van der Waals surface area contributed by atoms with E-state index in [9.17, 15) is 13.2 Å². The van der Waals surface area contributed by atoms with Gasteiger partial charge >= 0.3 is 0 Å². The maximum Gasteiger partial charge on any atom is 0.252 e. The van der Waals surface area contributed by atoms with Crippen LogP contribution in [0.3, 0.4) is 0 Å². The number of hydrogen-bond donors (Lipinski definition) is 1. The van der Waals surface area contributed by atoms with E-state index in [-0.39, 0.29) is 11.8 Å². The molecule has 3 aromatic rings. The number of benzene rings is 1. The van der Waals surface area contributed by atoms with Gasteiger partial charge in [0.1, 0.15) is 10.0 Å². The van der Waals surface area contributed by atoms with E-state index in [4.69, 9.17) is 0 Å². The molecule has 1 fully saturated rings. The Balaban J connectivity index is 1.36. The Morgan fingerprint density at radius 3 is 2.69 bits per heavy atom. The van der Waals surface area contributed by atoms with Crippen LogP contribution in [0.4, 0.5) is 5.69 Å². The minimum atomic E-state index is -3.45. The first kappa shape index (κ1) is 22.7. The van der Waals surface area contributed by atoms with E-state index in [1.165, 1.54) is 15.6 Å². The van der Waals surface area contributed by atoms with Gasteiger partial charge in [0.05, 0.1) is 0 Å². The average molecular weight is 473 g/mol. The Morgan fingerprint density at radius 2 is 2.00 bits per heavy atom. The van der Waals surface area contributed by atoms with Gasteiger partial charge in [-0.2, -0.15) is 4.31 Å². The highest BCUT2D eigenvalue weighted by Gasteiger charge is 2.32. The molecule has 0 bridgehead atoms. The molecular weight excluding hydrogens is 444 g/mol. The number of piperidine rings is 1. The Bertz CT molecular complexity index is 1160. The van der Waals surface area contributed by atoms with E-state index in [2.05, 4.69) is 28.7 Å². The zero-order chi connectivity index (χ0) is 22.7. The molecule has 1 aliphatic rings. The molecule has 0 spiro atoms. The number of anilines is 1. The maximum atomic E-state index is 12.8. The van der Waals surface area contributed by atoms with Gasteiger partial charge < -0.3 is 9.88 Å². The highest BCUT2D eigenvalue weighted by atomic mass is 32.2. The van der Waals surface area contributed by atoms with Crippen molar-refractivity contribution in [3.05, 3.63) is 65.6 Å². The molecule has 0 radical (unpaired) electrons. The summed E-state index contributed by atoms with van der Waals surface area (Å²) >= 11 is 1.22. The zero-order valence-electron chi connectivity index (χ0n) is 18.3. The van der Waals surface area contributed by atoms with Crippen molar-refractivity contribution in [2.24, 2.45) is 5.92 Å². The molecule has 1 amide bonds. The molecule has 7 nitrogen and oxygen atoms in total. The number of rotatable bonds is 7. The molecule has 3 heterocycles. The zero-order valence-corrected chi connectivity index (χ0v) is 19.9. The first-order valence-corrected chi connectivity index (χ1v) is 13.1. The van der Waals surface area contributed by atoms with E-state index in [1.54, 1.807) is 17.5 Å². The standard InChI is InChI=1S/C23H28N4O3S2/c1-17(2)22-24-10-13-26(22)16-18-5-3-6-20(15-18)25-23(28)19-8-11-27(12-9-19)32(29,30)21-7-4-14-31-21/h3-7,10,13-15,17,19H,8-9,11-12,16H2,1-2H3,(H,25,28). The molecule has 0 unspecified atom stereocenters. The Morgan fingerprint density at radius 1 is 1.22 bits per heavy atom. The predicted molar refractivity (Wildman–Crippen MR) is 126 cm³/mol. The van der Waals surface area contributed by atoms with Crippen LogP contribution in [0.2, 0.25) is 0 Å². The molecule has 0 saturated carbocycles. The lowest BCUT2D eigenvalue weighted by molar-refractivity contribution is -0.120. The van der Waals surface area contributed by atoms with Gasteiger partial charge in [0.2, 0.25) is 5.91 Å². The number of imidazole rings is 1. The molecule has 1 aliphatic heterocycles. The minimum absolute atomic E-state index is 0.0548. The molecular formula is C23H28N4O3S2. The highest BCUT2D eigenvalue weighted by Crippen LogP contribution is 2.27. The lowest BCUT2D eigenvalue weighted by Gasteiger charge is -2.30. The van der Waals surface area contributed by atoms with E-state index >= 15 is 0 Å². The van der Waals surface area contributed by atoms with Gasteiger partial charge in [0, 0.05) is 49.6 Å². The fourth-order valence-electron chi connectivity index (χ4n) is 4.04. The molecule has 9 heteroatoms. The summed E-state index contributed by atoms with van der Waals surface area (Å²) in [7, 11) is -3.45. The third-order valence-electron chi connectivity index (χ3n) is 5.73. The van der Waals surface area contributed by atoms with Crippen molar-refractivity contribution in [3.8, 4) is 0 Å². The summed E-state index contributed by atoms with van der Waals surface area (Å²) in [4.78, 5) is 17.3. The number of nitrogens with zero attached hydrogens (tertiary/aromatic N) is 3. The molecule has 1 saturated heterocycles. The highest BCUT2D eigenvalue weighted by molar-refractivity contribution is 7.91. The number of hydrogen-bond acceptors (Lipinski definition) is 5. The summed E-state index contributed by atoms with van der Waals surface area (Å²) in [5.74, 6) is 1.11. The molecule has 0 aliphatic carbocycles. The second kappa shape index (κ2) is 9.56. The van der Waals surface area contributed by atoms with Gasteiger partial charge in [-0.15, -0.1) is 11.3 Å². The summed E-state index contributed by atoms with van der Waals surface area (Å²) in [5.41, 5.74) is 1.84. The number of amides is 1. The van der Waals surface area contributed by atoms with Gasteiger partial charge in [-0.05, 0) is 42.0 Å². The number of thiophene rings is 1. The van der Waals surface area contributed by atoms with Gasteiger partial charge in [-0.3, -0.25) is 4.79 Å². The molecule has 170 valence electrons. The molecule has 2 aromatic heterocycles. The van der Waals surface area contributed by atoms with Crippen LogP contribution in [0, 0.1) is 5.92 Å². The number of sulfonamides is 1. The summed E-state index contributed by atoms with van der Waals surface area (Å²) in [5, 5.41) is 4.78.